The summed E-state index contributed by atoms with van der Waals surface area (Å²) in [7, 11) is 0. The molecule has 1 aromatic carbocycles. The predicted molar refractivity (Wildman–Crippen MR) is 96.2 cm³/mol. The second-order valence-corrected chi connectivity index (χ2v) is 6.23. The van der Waals surface area contributed by atoms with Gasteiger partial charge in [-0.05, 0) is 51.0 Å². The molecule has 24 heavy (non-hydrogen) atoms. The first kappa shape index (κ1) is 18.1. The van der Waals surface area contributed by atoms with Crippen molar-refractivity contribution in [3.8, 4) is 0 Å². The molecule has 0 aromatic heterocycles. The Hall–Kier alpha value is -2.21. The molecule has 0 radical (unpaired) electrons. The van der Waals surface area contributed by atoms with Gasteiger partial charge in [0.05, 0.1) is 18.2 Å². The van der Waals surface area contributed by atoms with Crippen molar-refractivity contribution in [2.75, 3.05) is 6.61 Å². The normalized spacial score (nSPS) is 17.6. The number of hydrogen-bond donors (Lipinski definition) is 1. The molecule has 1 aliphatic rings. The largest absolute Gasteiger partial charge is 0.463 e. The van der Waals surface area contributed by atoms with E-state index in [1.54, 1.807) is 13.8 Å². The van der Waals surface area contributed by atoms with Crippen molar-refractivity contribution in [2.24, 2.45) is 0 Å². The number of hydrogen-bond acceptors (Lipinski definition) is 4. The Kier molecular flexibility index (Phi) is 5.39. The van der Waals surface area contributed by atoms with E-state index >= 15 is 0 Å². The lowest BCUT2D eigenvalue weighted by atomic mass is 9.90. The Morgan fingerprint density at radius 3 is 2.50 bits per heavy atom. The van der Waals surface area contributed by atoms with Crippen LogP contribution in [-0.2, 0) is 14.3 Å². The van der Waals surface area contributed by atoms with Gasteiger partial charge in [0.2, 0.25) is 5.91 Å². The van der Waals surface area contributed by atoms with E-state index in [2.05, 4.69) is 5.32 Å². The van der Waals surface area contributed by atoms with Gasteiger partial charge in [-0.3, -0.25) is 9.69 Å². The maximum absolute atomic E-state index is 12.5. The second kappa shape index (κ2) is 7.13. The van der Waals surface area contributed by atoms with Crippen LogP contribution in [0.2, 0.25) is 0 Å². The number of carbonyl (C=O) groups excluding carboxylic acids is 2. The summed E-state index contributed by atoms with van der Waals surface area (Å²) in [6.07, 6.45) is 0. The van der Waals surface area contributed by atoms with Gasteiger partial charge in [-0.25, -0.2) is 4.79 Å². The lowest BCUT2D eigenvalue weighted by molar-refractivity contribution is -0.139. The van der Waals surface area contributed by atoms with Crippen molar-refractivity contribution in [1.29, 1.82) is 0 Å². The highest BCUT2D eigenvalue weighted by atomic mass is 32.1. The average Bonchev–Trinajstić information content (AvgIpc) is 2.46. The van der Waals surface area contributed by atoms with E-state index in [-0.39, 0.29) is 17.6 Å². The maximum atomic E-state index is 12.5. The third-order valence-electron chi connectivity index (χ3n) is 4.00. The molecule has 1 heterocycles. The van der Waals surface area contributed by atoms with Crippen molar-refractivity contribution < 1.29 is 14.3 Å². The van der Waals surface area contributed by atoms with E-state index in [1.165, 1.54) is 11.8 Å². The van der Waals surface area contributed by atoms with Crippen molar-refractivity contribution in [2.45, 2.75) is 40.7 Å². The van der Waals surface area contributed by atoms with Gasteiger partial charge in [0, 0.05) is 12.6 Å². The summed E-state index contributed by atoms with van der Waals surface area (Å²) in [5.41, 5.74) is 3.99. The molecular formula is C18H22N2O3S. The Balaban J connectivity index is 2.68. The van der Waals surface area contributed by atoms with Crippen LogP contribution in [0, 0.1) is 13.8 Å². The summed E-state index contributed by atoms with van der Waals surface area (Å²) >= 11 is 5.34. The summed E-state index contributed by atoms with van der Waals surface area (Å²) in [5, 5.41) is 3.24. The molecule has 1 aromatic rings. The van der Waals surface area contributed by atoms with Crippen LogP contribution in [0.1, 0.15) is 43.5 Å². The number of aryl methyl sites for hydroxylation is 2. The molecule has 6 heteroatoms. The van der Waals surface area contributed by atoms with Gasteiger partial charge in [0.1, 0.15) is 0 Å². The number of ether oxygens (including phenoxy) is 1. The Morgan fingerprint density at radius 1 is 1.29 bits per heavy atom. The highest BCUT2D eigenvalue weighted by Crippen LogP contribution is 2.36. The summed E-state index contributed by atoms with van der Waals surface area (Å²) in [6.45, 7) is 9.19. The minimum atomic E-state index is -0.587. The summed E-state index contributed by atoms with van der Waals surface area (Å²) < 4.78 is 5.21. The van der Waals surface area contributed by atoms with Crippen molar-refractivity contribution in [3.63, 3.8) is 0 Å². The van der Waals surface area contributed by atoms with Gasteiger partial charge < -0.3 is 10.1 Å². The Bertz CT molecular complexity index is 740. The van der Waals surface area contributed by atoms with Gasteiger partial charge >= 0.3 is 5.97 Å². The molecule has 0 fully saturated rings. The molecule has 0 aliphatic carbocycles. The van der Waals surface area contributed by atoms with Gasteiger partial charge in [0.15, 0.2) is 5.11 Å². The molecule has 1 amide bonds. The molecule has 1 aliphatic heterocycles. The van der Waals surface area contributed by atoms with E-state index in [0.717, 1.165) is 16.7 Å². The zero-order valence-electron chi connectivity index (χ0n) is 14.6. The summed E-state index contributed by atoms with van der Waals surface area (Å²) in [4.78, 5) is 26.2. The second-order valence-electron chi connectivity index (χ2n) is 5.84. The van der Waals surface area contributed by atoms with Gasteiger partial charge in [0.25, 0.3) is 0 Å². The Labute approximate surface area is 147 Å². The molecular weight excluding hydrogens is 324 g/mol. The monoisotopic (exact) mass is 346 g/mol. The van der Waals surface area contributed by atoms with Gasteiger partial charge in [-0.1, -0.05) is 23.8 Å². The van der Waals surface area contributed by atoms with Crippen LogP contribution in [0.3, 0.4) is 0 Å². The first-order valence-corrected chi connectivity index (χ1v) is 8.24. The van der Waals surface area contributed by atoms with E-state index in [9.17, 15) is 9.59 Å². The molecule has 128 valence electrons. The number of allylic oxidation sites excluding steroid dienone is 1. The van der Waals surface area contributed by atoms with E-state index in [1.807, 2.05) is 32.0 Å². The van der Waals surface area contributed by atoms with Crippen LogP contribution in [0.25, 0.3) is 0 Å². The number of thiocarbonyl (C=S) groups is 1. The number of nitrogens with one attached hydrogen (secondary N) is 1. The lowest BCUT2D eigenvalue weighted by Crippen LogP contribution is -2.50. The quantitative estimate of drug-likeness (QED) is 0.674. The number of carbonyl (C=O) groups is 2. The topological polar surface area (TPSA) is 58.6 Å². The molecule has 0 bridgehead atoms. The first-order chi connectivity index (χ1) is 11.3. The zero-order chi connectivity index (χ0) is 18.0. The summed E-state index contributed by atoms with van der Waals surface area (Å²) in [5.74, 6) is -0.673. The number of benzene rings is 1. The molecule has 2 rings (SSSR count). The molecule has 0 spiro atoms. The van der Waals surface area contributed by atoms with Crippen molar-refractivity contribution in [3.05, 3.63) is 46.2 Å². The van der Waals surface area contributed by atoms with Crippen LogP contribution in [-0.4, -0.2) is 28.5 Å². The van der Waals surface area contributed by atoms with Gasteiger partial charge in [-0.2, -0.15) is 0 Å². The standard InChI is InChI=1S/C18H22N2O3S/c1-6-23-17(22)15-12(4)19-18(24)20(13(5)21)16(15)14-8-7-10(2)9-11(14)3/h7-9,16H,6H2,1-5H3,(H,19,24)/t16-/m0/s1. The lowest BCUT2D eigenvalue weighted by Gasteiger charge is -2.38. The SMILES string of the molecule is CCOC(=O)C1=C(C)NC(=S)N(C(C)=O)[C@H]1c1ccc(C)cc1C. The number of nitrogens with zero attached hydrogens (tertiary/aromatic N) is 1. The Morgan fingerprint density at radius 2 is 1.96 bits per heavy atom. The van der Waals surface area contributed by atoms with E-state index in [0.29, 0.717) is 11.3 Å². The van der Waals surface area contributed by atoms with Gasteiger partial charge in [-0.15, -0.1) is 0 Å². The van der Waals surface area contributed by atoms with Crippen molar-refractivity contribution >= 4 is 29.2 Å². The molecule has 1 atom stereocenters. The molecule has 0 saturated heterocycles. The fourth-order valence-corrected chi connectivity index (χ4v) is 3.35. The number of amides is 1. The fourth-order valence-electron chi connectivity index (χ4n) is 2.96. The third kappa shape index (κ3) is 3.33. The highest BCUT2D eigenvalue weighted by Gasteiger charge is 2.39. The highest BCUT2D eigenvalue weighted by molar-refractivity contribution is 7.80. The van der Waals surface area contributed by atoms with Crippen LogP contribution in [0.5, 0.6) is 0 Å². The molecule has 5 nitrogen and oxygen atoms in total. The number of esters is 1. The van der Waals surface area contributed by atoms with Crippen LogP contribution >= 0.6 is 12.2 Å². The first-order valence-electron chi connectivity index (χ1n) is 7.83. The average molecular weight is 346 g/mol. The minimum Gasteiger partial charge on any atom is -0.463 e. The zero-order valence-corrected chi connectivity index (χ0v) is 15.4. The maximum Gasteiger partial charge on any atom is 0.338 e. The predicted octanol–water partition coefficient (Wildman–Crippen LogP) is 2.92. The fraction of sp³-hybridized carbons (Fsp3) is 0.389. The molecule has 0 saturated carbocycles. The minimum absolute atomic E-state index is 0.230. The smallest absolute Gasteiger partial charge is 0.338 e. The van der Waals surface area contributed by atoms with Crippen LogP contribution in [0.4, 0.5) is 0 Å². The van der Waals surface area contributed by atoms with Crippen LogP contribution in [0.15, 0.2) is 29.5 Å². The van der Waals surface area contributed by atoms with E-state index in [4.69, 9.17) is 17.0 Å². The molecule has 1 N–H and O–H groups in total. The van der Waals surface area contributed by atoms with E-state index < -0.39 is 12.0 Å². The third-order valence-corrected chi connectivity index (χ3v) is 4.30. The summed E-state index contributed by atoms with van der Waals surface area (Å²) in [6, 6.07) is 5.34. The molecule has 0 unspecified atom stereocenters. The van der Waals surface area contributed by atoms with Crippen molar-refractivity contribution in [1.82, 2.24) is 10.2 Å². The van der Waals surface area contributed by atoms with Crippen LogP contribution < -0.4 is 5.32 Å². The number of rotatable bonds is 3.